The summed E-state index contributed by atoms with van der Waals surface area (Å²) >= 11 is 0. The van der Waals surface area contributed by atoms with Gasteiger partial charge in [0.25, 0.3) is 0 Å². The van der Waals surface area contributed by atoms with Crippen molar-refractivity contribution in [2.24, 2.45) is 0 Å². The van der Waals surface area contributed by atoms with Crippen molar-refractivity contribution >= 4 is 11.6 Å². The highest BCUT2D eigenvalue weighted by Gasteiger charge is 2.15. The van der Waals surface area contributed by atoms with Crippen LogP contribution in [-0.4, -0.2) is 24.8 Å². The van der Waals surface area contributed by atoms with Crippen LogP contribution in [0.15, 0.2) is 18.2 Å². The van der Waals surface area contributed by atoms with Crippen LogP contribution in [0.4, 0.5) is 0 Å². The van der Waals surface area contributed by atoms with E-state index in [2.05, 4.69) is 0 Å². The van der Waals surface area contributed by atoms with Gasteiger partial charge in [0.05, 0.1) is 7.11 Å². The van der Waals surface area contributed by atoms with Gasteiger partial charge in [-0.3, -0.25) is 9.59 Å². The molecule has 0 aromatic heterocycles. The maximum atomic E-state index is 11.5. The van der Waals surface area contributed by atoms with E-state index < -0.39 is 6.10 Å². The van der Waals surface area contributed by atoms with Gasteiger partial charge in [0.15, 0.2) is 29.2 Å². The minimum atomic E-state index is -0.521. The number of Topliss-reactive ketones (excluding diaryl/α,β-unsaturated/α-hetero) is 2. The number of rotatable bonds is 6. The van der Waals surface area contributed by atoms with Crippen molar-refractivity contribution < 1.29 is 19.1 Å². The van der Waals surface area contributed by atoms with Crippen LogP contribution in [0.25, 0.3) is 0 Å². The molecule has 0 N–H and O–H groups in total. The summed E-state index contributed by atoms with van der Waals surface area (Å²) in [5.74, 6) is 0.903. The first-order valence-electron chi connectivity index (χ1n) is 5.88. The van der Waals surface area contributed by atoms with Gasteiger partial charge < -0.3 is 9.47 Å². The molecule has 0 saturated heterocycles. The minimum Gasteiger partial charge on any atom is -0.493 e. The summed E-state index contributed by atoms with van der Waals surface area (Å²) in [6.07, 6.45) is -0.0956. The largest absolute Gasteiger partial charge is 0.493 e. The fourth-order valence-electron chi connectivity index (χ4n) is 1.53. The molecule has 18 heavy (non-hydrogen) atoms. The number of hydrogen-bond donors (Lipinski definition) is 0. The number of ketones is 2. The van der Waals surface area contributed by atoms with Crippen molar-refractivity contribution in [2.45, 2.75) is 33.3 Å². The van der Waals surface area contributed by atoms with Crippen molar-refractivity contribution in [1.82, 2.24) is 0 Å². The van der Waals surface area contributed by atoms with E-state index in [0.29, 0.717) is 23.5 Å². The molecular formula is C14H18O4. The quantitative estimate of drug-likeness (QED) is 0.728. The highest BCUT2D eigenvalue weighted by molar-refractivity contribution is 5.94. The number of methoxy groups -OCH3 is 1. The van der Waals surface area contributed by atoms with Crippen molar-refractivity contribution in [2.75, 3.05) is 7.11 Å². The van der Waals surface area contributed by atoms with Crippen LogP contribution in [0, 0.1) is 0 Å². The van der Waals surface area contributed by atoms with Crippen LogP contribution in [0.5, 0.6) is 11.5 Å². The normalized spacial score (nSPS) is 11.8. The highest BCUT2D eigenvalue weighted by atomic mass is 16.5. The zero-order valence-electron chi connectivity index (χ0n) is 11.1. The Morgan fingerprint density at radius 1 is 1.28 bits per heavy atom. The van der Waals surface area contributed by atoms with Gasteiger partial charge in [-0.05, 0) is 32.0 Å². The maximum absolute atomic E-state index is 11.5. The zero-order chi connectivity index (χ0) is 13.7. The van der Waals surface area contributed by atoms with Crippen LogP contribution in [0.3, 0.4) is 0 Å². The molecule has 98 valence electrons. The first kappa shape index (κ1) is 14.2. The van der Waals surface area contributed by atoms with Crippen LogP contribution in [0.2, 0.25) is 0 Å². The molecular weight excluding hydrogens is 232 g/mol. The summed E-state index contributed by atoms with van der Waals surface area (Å²) in [7, 11) is 1.50. The Morgan fingerprint density at radius 2 is 1.94 bits per heavy atom. The zero-order valence-corrected chi connectivity index (χ0v) is 11.1. The van der Waals surface area contributed by atoms with Gasteiger partial charge in [0, 0.05) is 12.0 Å². The molecule has 0 aliphatic carbocycles. The smallest absolute Gasteiger partial charge is 0.172 e. The van der Waals surface area contributed by atoms with Gasteiger partial charge in [-0.15, -0.1) is 0 Å². The summed E-state index contributed by atoms with van der Waals surface area (Å²) < 4.78 is 10.7. The average molecular weight is 250 g/mol. The maximum Gasteiger partial charge on any atom is 0.172 e. The molecule has 1 aromatic rings. The van der Waals surface area contributed by atoms with Crippen LogP contribution >= 0.6 is 0 Å². The van der Waals surface area contributed by atoms with Gasteiger partial charge in [-0.25, -0.2) is 0 Å². The first-order valence-corrected chi connectivity index (χ1v) is 5.88. The Morgan fingerprint density at radius 3 is 2.44 bits per heavy atom. The molecule has 0 spiro atoms. The lowest BCUT2D eigenvalue weighted by molar-refractivity contribution is -0.124. The molecule has 0 amide bonds. The van der Waals surface area contributed by atoms with Gasteiger partial charge in [-0.2, -0.15) is 0 Å². The van der Waals surface area contributed by atoms with Crippen molar-refractivity contribution in [3.05, 3.63) is 23.8 Å². The molecule has 1 unspecified atom stereocenters. The Bertz CT molecular complexity index is 451. The SMILES string of the molecule is CCC(=O)C(C)Oc1ccc(C(C)=O)cc1OC. The lowest BCUT2D eigenvalue weighted by Gasteiger charge is -2.15. The molecule has 0 saturated carbocycles. The van der Waals surface area contributed by atoms with E-state index in [-0.39, 0.29) is 11.6 Å². The number of carbonyl (C=O) groups excluding carboxylic acids is 2. The monoisotopic (exact) mass is 250 g/mol. The van der Waals surface area contributed by atoms with E-state index in [9.17, 15) is 9.59 Å². The fourth-order valence-corrected chi connectivity index (χ4v) is 1.53. The van der Waals surface area contributed by atoms with Gasteiger partial charge in [0.2, 0.25) is 0 Å². The Kier molecular flexibility index (Phi) is 4.89. The molecule has 0 bridgehead atoms. The van der Waals surface area contributed by atoms with Crippen molar-refractivity contribution in [3.63, 3.8) is 0 Å². The highest BCUT2D eigenvalue weighted by Crippen LogP contribution is 2.29. The standard InChI is InChI=1S/C14H18O4/c1-5-12(16)10(3)18-13-7-6-11(9(2)15)8-14(13)17-4/h6-8,10H,5H2,1-4H3. The number of hydrogen-bond acceptors (Lipinski definition) is 4. The topological polar surface area (TPSA) is 52.6 Å². The van der Waals surface area contributed by atoms with Crippen LogP contribution in [-0.2, 0) is 4.79 Å². The molecule has 1 aromatic carbocycles. The Hall–Kier alpha value is -1.84. The van der Waals surface area contributed by atoms with Gasteiger partial charge in [0.1, 0.15) is 0 Å². The molecule has 4 nitrogen and oxygen atoms in total. The fraction of sp³-hybridized carbons (Fsp3) is 0.429. The third-order valence-corrected chi connectivity index (χ3v) is 2.68. The second-order valence-corrected chi connectivity index (χ2v) is 4.00. The Balaban J connectivity index is 2.96. The molecule has 1 rings (SSSR count). The number of benzene rings is 1. The van der Waals surface area contributed by atoms with E-state index in [1.807, 2.05) is 0 Å². The van der Waals surface area contributed by atoms with E-state index >= 15 is 0 Å². The lowest BCUT2D eigenvalue weighted by atomic mass is 10.1. The molecule has 0 aliphatic heterocycles. The third-order valence-electron chi connectivity index (χ3n) is 2.68. The molecule has 4 heteroatoms. The van der Waals surface area contributed by atoms with Crippen LogP contribution in [0.1, 0.15) is 37.6 Å². The van der Waals surface area contributed by atoms with Crippen molar-refractivity contribution in [3.8, 4) is 11.5 Å². The number of carbonyl (C=O) groups is 2. The summed E-state index contributed by atoms with van der Waals surface area (Å²) in [5, 5.41) is 0. The Labute approximate surface area is 107 Å². The average Bonchev–Trinajstić information content (AvgIpc) is 2.37. The second kappa shape index (κ2) is 6.19. The molecule has 0 aliphatic rings. The first-order chi connectivity index (χ1) is 8.49. The predicted octanol–water partition coefficient (Wildman–Crippen LogP) is 2.64. The van der Waals surface area contributed by atoms with Crippen molar-refractivity contribution in [1.29, 1.82) is 0 Å². The second-order valence-electron chi connectivity index (χ2n) is 4.00. The molecule has 0 heterocycles. The van der Waals surface area contributed by atoms with Gasteiger partial charge >= 0.3 is 0 Å². The predicted molar refractivity (Wildman–Crippen MR) is 68.4 cm³/mol. The summed E-state index contributed by atoms with van der Waals surface area (Å²) in [5.41, 5.74) is 0.550. The lowest BCUT2D eigenvalue weighted by Crippen LogP contribution is -2.23. The molecule has 1 atom stereocenters. The van der Waals surface area contributed by atoms with E-state index in [1.165, 1.54) is 14.0 Å². The third kappa shape index (κ3) is 3.32. The summed E-state index contributed by atoms with van der Waals surface area (Å²) in [6.45, 7) is 4.97. The summed E-state index contributed by atoms with van der Waals surface area (Å²) in [6, 6.07) is 4.92. The number of ether oxygens (including phenoxy) is 2. The van der Waals surface area contributed by atoms with Crippen LogP contribution < -0.4 is 9.47 Å². The minimum absolute atomic E-state index is 0.0210. The molecule has 0 fully saturated rings. The van der Waals surface area contributed by atoms with E-state index in [0.717, 1.165) is 0 Å². The van der Waals surface area contributed by atoms with E-state index in [1.54, 1.807) is 32.0 Å². The van der Waals surface area contributed by atoms with E-state index in [4.69, 9.17) is 9.47 Å². The van der Waals surface area contributed by atoms with Gasteiger partial charge in [-0.1, -0.05) is 6.92 Å². The summed E-state index contributed by atoms with van der Waals surface area (Å²) in [4.78, 5) is 22.7. The molecule has 0 radical (unpaired) electrons.